The first-order valence-corrected chi connectivity index (χ1v) is 6.51. The van der Waals surface area contributed by atoms with Crippen molar-refractivity contribution in [2.45, 2.75) is 32.2 Å². The van der Waals surface area contributed by atoms with E-state index in [1.807, 2.05) is 0 Å². The smallest absolute Gasteiger partial charge is 0.0593 e. The Hall–Kier alpha value is -0.160. The Kier molecular flexibility index (Phi) is 7.76. The van der Waals surface area contributed by atoms with Gasteiger partial charge >= 0.3 is 0 Å². The molecule has 0 spiro atoms. The predicted octanol–water partition coefficient (Wildman–Crippen LogP) is 0.459. The molecule has 1 heterocycles. The van der Waals surface area contributed by atoms with Crippen LogP contribution in [0.3, 0.4) is 0 Å². The first-order chi connectivity index (χ1) is 7.86. The summed E-state index contributed by atoms with van der Waals surface area (Å²) in [5, 5.41) is 12.5. The largest absolute Gasteiger partial charge is 0.395 e. The molecule has 0 radical (unpaired) electrons. The van der Waals surface area contributed by atoms with Crippen molar-refractivity contribution in [3.05, 3.63) is 0 Å². The molecule has 0 bridgehead atoms. The molecular formula is C12H26N2O2. The van der Waals surface area contributed by atoms with Crippen molar-refractivity contribution in [1.82, 2.24) is 10.2 Å². The van der Waals surface area contributed by atoms with Gasteiger partial charge in [-0.05, 0) is 25.8 Å². The molecule has 1 aliphatic rings. The van der Waals surface area contributed by atoms with Gasteiger partial charge in [-0.2, -0.15) is 0 Å². The van der Waals surface area contributed by atoms with Gasteiger partial charge in [-0.3, -0.25) is 4.90 Å². The van der Waals surface area contributed by atoms with Gasteiger partial charge < -0.3 is 15.2 Å². The lowest BCUT2D eigenvalue weighted by Crippen LogP contribution is -2.40. The predicted molar refractivity (Wildman–Crippen MR) is 65.7 cm³/mol. The zero-order valence-corrected chi connectivity index (χ0v) is 10.5. The number of nitrogens with zero attached hydrogens (tertiary/aromatic N) is 1. The summed E-state index contributed by atoms with van der Waals surface area (Å²) < 4.78 is 5.48. The van der Waals surface area contributed by atoms with Crippen LogP contribution in [-0.2, 0) is 4.74 Å². The lowest BCUT2D eigenvalue weighted by atomic mass is 10.2. The quantitative estimate of drug-likeness (QED) is 0.565. The van der Waals surface area contributed by atoms with E-state index in [4.69, 9.17) is 9.84 Å². The summed E-state index contributed by atoms with van der Waals surface area (Å²) in [5.74, 6) is 0. The van der Waals surface area contributed by atoms with E-state index >= 15 is 0 Å². The highest BCUT2D eigenvalue weighted by atomic mass is 16.5. The maximum Gasteiger partial charge on any atom is 0.0593 e. The molecule has 1 atom stereocenters. The molecule has 0 aromatic carbocycles. The molecule has 1 saturated heterocycles. The van der Waals surface area contributed by atoms with Crippen LogP contribution in [0.4, 0.5) is 0 Å². The zero-order valence-electron chi connectivity index (χ0n) is 10.5. The highest BCUT2D eigenvalue weighted by molar-refractivity contribution is 4.77. The van der Waals surface area contributed by atoms with Crippen LogP contribution in [0.15, 0.2) is 0 Å². The summed E-state index contributed by atoms with van der Waals surface area (Å²) >= 11 is 0. The number of rotatable bonds is 9. The van der Waals surface area contributed by atoms with E-state index in [0.29, 0.717) is 6.04 Å². The van der Waals surface area contributed by atoms with Crippen LogP contribution < -0.4 is 5.32 Å². The Morgan fingerprint density at radius 1 is 1.38 bits per heavy atom. The SMILES string of the molecule is CCCOCCN(CCO)CC1CCCN1. The number of ether oxygens (including phenoxy) is 1. The van der Waals surface area contributed by atoms with E-state index in [0.717, 1.165) is 45.8 Å². The summed E-state index contributed by atoms with van der Waals surface area (Å²) in [6.07, 6.45) is 3.62. The lowest BCUT2D eigenvalue weighted by Gasteiger charge is -2.24. The molecule has 96 valence electrons. The minimum absolute atomic E-state index is 0.237. The zero-order chi connectivity index (χ0) is 11.6. The Morgan fingerprint density at radius 3 is 2.88 bits per heavy atom. The lowest BCUT2D eigenvalue weighted by molar-refractivity contribution is 0.0926. The van der Waals surface area contributed by atoms with E-state index in [1.54, 1.807) is 0 Å². The van der Waals surface area contributed by atoms with Crippen molar-refractivity contribution in [2.24, 2.45) is 0 Å². The Bertz CT molecular complexity index is 161. The average molecular weight is 230 g/mol. The third kappa shape index (κ3) is 5.80. The molecule has 1 fully saturated rings. The van der Waals surface area contributed by atoms with Gasteiger partial charge in [0.1, 0.15) is 0 Å². The number of aliphatic hydroxyl groups is 1. The summed E-state index contributed by atoms with van der Waals surface area (Å²) in [5.41, 5.74) is 0. The van der Waals surface area contributed by atoms with E-state index in [-0.39, 0.29) is 6.61 Å². The van der Waals surface area contributed by atoms with Gasteiger partial charge in [0.05, 0.1) is 13.2 Å². The van der Waals surface area contributed by atoms with Crippen molar-refractivity contribution in [3.63, 3.8) is 0 Å². The van der Waals surface area contributed by atoms with Crippen LogP contribution in [0.1, 0.15) is 26.2 Å². The average Bonchev–Trinajstić information content (AvgIpc) is 2.77. The number of hydrogen-bond donors (Lipinski definition) is 2. The van der Waals surface area contributed by atoms with Gasteiger partial charge in [0.15, 0.2) is 0 Å². The summed E-state index contributed by atoms with van der Waals surface area (Å²) in [7, 11) is 0. The molecule has 0 aliphatic carbocycles. The molecule has 4 nitrogen and oxygen atoms in total. The molecule has 1 unspecified atom stereocenters. The maximum absolute atomic E-state index is 9.01. The fraction of sp³-hybridized carbons (Fsp3) is 1.00. The summed E-state index contributed by atoms with van der Waals surface area (Å²) in [6.45, 7) is 7.84. The Balaban J connectivity index is 2.12. The first-order valence-electron chi connectivity index (χ1n) is 6.51. The van der Waals surface area contributed by atoms with Crippen LogP contribution in [0, 0.1) is 0 Å². The first kappa shape index (κ1) is 13.9. The maximum atomic E-state index is 9.01. The second-order valence-electron chi connectivity index (χ2n) is 4.43. The molecule has 0 amide bonds. The van der Waals surface area contributed by atoms with Crippen molar-refractivity contribution in [1.29, 1.82) is 0 Å². The van der Waals surface area contributed by atoms with Gasteiger partial charge in [-0.25, -0.2) is 0 Å². The highest BCUT2D eigenvalue weighted by Gasteiger charge is 2.17. The van der Waals surface area contributed by atoms with Gasteiger partial charge in [0.2, 0.25) is 0 Å². The van der Waals surface area contributed by atoms with Gasteiger partial charge in [0, 0.05) is 32.3 Å². The fourth-order valence-electron chi connectivity index (χ4n) is 2.10. The Morgan fingerprint density at radius 2 is 2.25 bits per heavy atom. The van der Waals surface area contributed by atoms with Crippen LogP contribution in [-0.4, -0.2) is 62.0 Å². The molecule has 1 rings (SSSR count). The molecule has 4 heteroatoms. The minimum Gasteiger partial charge on any atom is -0.395 e. The molecule has 1 aliphatic heterocycles. The van der Waals surface area contributed by atoms with Crippen molar-refractivity contribution in [2.75, 3.05) is 46.0 Å². The van der Waals surface area contributed by atoms with Crippen molar-refractivity contribution in [3.8, 4) is 0 Å². The fourth-order valence-corrected chi connectivity index (χ4v) is 2.10. The molecular weight excluding hydrogens is 204 g/mol. The van der Waals surface area contributed by atoms with E-state index in [2.05, 4.69) is 17.1 Å². The topological polar surface area (TPSA) is 44.7 Å². The summed E-state index contributed by atoms with van der Waals surface area (Å²) in [6, 6.07) is 0.609. The van der Waals surface area contributed by atoms with Crippen LogP contribution in [0.5, 0.6) is 0 Å². The normalized spacial score (nSPS) is 20.8. The van der Waals surface area contributed by atoms with Gasteiger partial charge in [-0.1, -0.05) is 6.92 Å². The van der Waals surface area contributed by atoms with Crippen molar-refractivity contribution >= 4 is 0 Å². The van der Waals surface area contributed by atoms with Crippen LogP contribution in [0.25, 0.3) is 0 Å². The van der Waals surface area contributed by atoms with E-state index < -0.39 is 0 Å². The van der Waals surface area contributed by atoms with Crippen LogP contribution in [0.2, 0.25) is 0 Å². The standard InChI is InChI=1S/C12H26N2O2/c1-2-9-16-10-7-14(6-8-15)11-12-4-3-5-13-12/h12-13,15H,2-11H2,1H3. The number of nitrogens with one attached hydrogen (secondary N) is 1. The molecule has 2 N–H and O–H groups in total. The minimum atomic E-state index is 0.237. The third-order valence-corrected chi connectivity index (χ3v) is 2.96. The number of aliphatic hydroxyl groups excluding tert-OH is 1. The second-order valence-corrected chi connectivity index (χ2v) is 4.43. The second kappa shape index (κ2) is 8.93. The Labute approximate surface area is 99.0 Å². The van der Waals surface area contributed by atoms with E-state index in [1.165, 1.54) is 12.8 Å². The number of hydrogen-bond acceptors (Lipinski definition) is 4. The highest BCUT2D eigenvalue weighted by Crippen LogP contribution is 2.06. The molecule has 0 aromatic heterocycles. The monoisotopic (exact) mass is 230 g/mol. The van der Waals surface area contributed by atoms with Crippen LogP contribution >= 0.6 is 0 Å². The molecule has 0 saturated carbocycles. The summed E-state index contributed by atoms with van der Waals surface area (Å²) in [4.78, 5) is 2.29. The molecule has 16 heavy (non-hydrogen) atoms. The molecule has 0 aromatic rings. The van der Waals surface area contributed by atoms with Gasteiger partial charge in [-0.15, -0.1) is 0 Å². The van der Waals surface area contributed by atoms with Crippen molar-refractivity contribution < 1.29 is 9.84 Å². The van der Waals surface area contributed by atoms with Gasteiger partial charge in [0.25, 0.3) is 0 Å². The van der Waals surface area contributed by atoms with E-state index in [9.17, 15) is 0 Å². The third-order valence-electron chi connectivity index (χ3n) is 2.96.